The molecule has 1 saturated heterocycles. The Labute approximate surface area is 139 Å². The van der Waals surface area contributed by atoms with E-state index in [0.29, 0.717) is 18.8 Å². The van der Waals surface area contributed by atoms with Crippen LogP contribution in [0.2, 0.25) is 0 Å². The molecule has 1 aliphatic heterocycles. The molecule has 0 unspecified atom stereocenters. The Morgan fingerprint density at radius 1 is 1.25 bits per heavy atom. The molecule has 1 fully saturated rings. The molecule has 2 aromatic heterocycles. The van der Waals surface area contributed by atoms with Crippen molar-refractivity contribution in [1.82, 2.24) is 24.9 Å². The average molecular weight is 325 g/mol. The van der Waals surface area contributed by atoms with Crippen LogP contribution >= 0.6 is 0 Å². The van der Waals surface area contributed by atoms with E-state index in [1.165, 1.54) is 0 Å². The third-order valence-electron chi connectivity index (χ3n) is 4.31. The molecular weight excluding hydrogens is 306 g/mol. The number of benzene rings is 1. The maximum Gasteiger partial charge on any atom is 0.292 e. The van der Waals surface area contributed by atoms with Gasteiger partial charge in [0.05, 0.1) is 23.3 Å². The zero-order valence-electron chi connectivity index (χ0n) is 13.5. The summed E-state index contributed by atoms with van der Waals surface area (Å²) >= 11 is 0. The zero-order chi connectivity index (χ0) is 16.5. The summed E-state index contributed by atoms with van der Waals surface area (Å²) in [6.07, 6.45) is 0. The molecule has 4 rings (SSSR count). The second-order valence-electron chi connectivity index (χ2n) is 6.10. The molecule has 0 spiro atoms. The quantitative estimate of drug-likeness (QED) is 0.795. The molecule has 3 heterocycles. The van der Waals surface area contributed by atoms with E-state index in [9.17, 15) is 4.79 Å². The van der Waals surface area contributed by atoms with Crippen LogP contribution in [-0.2, 0) is 6.54 Å². The Kier molecular flexibility index (Phi) is 3.78. The van der Waals surface area contributed by atoms with Gasteiger partial charge in [-0.1, -0.05) is 17.3 Å². The van der Waals surface area contributed by atoms with Crippen LogP contribution in [0, 0.1) is 6.92 Å². The van der Waals surface area contributed by atoms with Crippen molar-refractivity contribution in [3.05, 3.63) is 47.6 Å². The molecule has 1 aliphatic rings. The number of para-hydroxylation sites is 2. The Hall–Kier alpha value is -2.67. The smallest absolute Gasteiger partial charge is 0.292 e. The lowest BCUT2D eigenvalue weighted by molar-refractivity contribution is 0.0586. The van der Waals surface area contributed by atoms with Gasteiger partial charge in [-0.25, -0.2) is 4.98 Å². The summed E-state index contributed by atoms with van der Waals surface area (Å²) in [5.74, 6) is 1.19. The van der Waals surface area contributed by atoms with Crippen molar-refractivity contribution in [1.29, 1.82) is 0 Å². The van der Waals surface area contributed by atoms with Crippen molar-refractivity contribution < 1.29 is 9.32 Å². The van der Waals surface area contributed by atoms with Crippen molar-refractivity contribution >= 4 is 16.9 Å². The molecule has 0 bridgehead atoms. The Morgan fingerprint density at radius 3 is 2.75 bits per heavy atom. The number of hydrogen-bond donors (Lipinski definition) is 1. The summed E-state index contributed by atoms with van der Waals surface area (Å²) < 4.78 is 5.07. The number of aryl methyl sites for hydroxylation is 1. The minimum absolute atomic E-state index is 0.0843. The molecule has 24 heavy (non-hydrogen) atoms. The molecule has 7 nitrogen and oxygen atoms in total. The number of H-pyrrole nitrogens is 1. The number of aromatic nitrogens is 3. The SMILES string of the molecule is Cc1cc(C(=O)N2CCN(Cc3nc4ccccc4[nH]3)CC2)on1. The second-order valence-corrected chi connectivity index (χ2v) is 6.10. The summed E-state index contributed by atoms with van der Waals surface area (Å²) in [5.41, 5.74) is 2.77. The second kappa shape index (κ2) is 6.09. The topological polar surface area (TPSA) is 78.3 Å². The predicted octanol–water partition coefficient (Wildman–Crippen LogP) is 1.82. The van der Waals surface area contributed by atoms with Crippen LogP contribution in [0.15, 0.2) is 34.9 Å². The van der Waals surface area contributed by atoms with Crippen LogP contribution in [0.25, 0.3) is 11.0 Å². The molecule has 1 N–H and O–H groups in total. The third-order valence-corrected chi connectivity index (χ3v) is 4.31. The Balaban J connectivity index is 1.36. The highest BCUT2D eigenvalue weighted by molar-refractivity contribution is 5.91. The first kappa shape index (κ1) is 14.9. The van der Waals surface area contributed by atoms with Crippen molar-refractivity contribution in [3.8, 4) is 0 Å². The molecule has 0 aliphatic carbocycles. The van der Waals surface area contributed by atoms with Crippen LogP contribution in [0.3, 0.4) is 0 Å². The number of amides is 1. The van der Waals surface area contributed by atoms with Gasteiger partial charge in [0.15, 0.2) is 0 Å². The highest BCUT2D eigenvalue weighted by Crippen LogP contribution is 2.14. The number of piperazine rings is 1. The van der Waals surface area contributed by atoms with Crippen molar-refractivity contribution in [2.75, 3.05) is 26.2 Å². The first-order chi connectivity index (χ1) is 11.7. The molecule has 0 saturated carbocycles. The maximum atomic E-state index is 12.4. The number of hydrogen-bond acceptors (Lipinski definition) is 5. The average Bonchev–Trinajstić information content (AvgIpc) is 3.20. The van der Waals surface area contributed by atoms with E-state index in [4.69, 9.17) is 4.52 Å². The predicted molar refractivity (Wildman–Crippen MR) is 88.5 cm³/mol. The molecule has 1 amide bonds. The molecule has 0 atom stereocenters. The number of aromatic amines is 1. The summed E-state index contributed by atoms with van der Waals surface area (Å²) in [4.78, 5) is 24.4. The van der Waals surface area contributed by atoms with Crippen LogP contribution in [0.1, 0.15) is 22.1 Å². The van der Waals surface area contributed by atoms with Gasteiger partial charge in [-0.3, -0.25) is 9.69 Å². The van der Waals surface area contributed by atoms with Gasteiger partial charge in [0.1, 0.15) is 5.82 Å². The summed E-state index contributed by atoms with van der Waals surface area (Å²) in [5, 5.41) is 3.78. The van der Waals surface area contributed by atoms with Gasteiger partial charge in [-0.05, 0) is 19.1 Å². The van der Waals surface area contributed by atoms with Gasteiger partial charge in [0, 0.05) is 32.2 Å². The third kappa shape index (κ3) is 2.90. The van der Waals surface area contributed by atoms with Crippen LogP contribution in [0.4, 0.5) is 0 Å². The fourth-order valence-corrected chi connectivity index (χ4v) is 3.02. The van der Waals surface area contributed by atoms with Crippen molar-refractivity contribution in [3.63, 3.8) is 0 Å². The maximum absolute atomic E-state index is 12.4. The number of nitrogens with zero attached hydrogens (tertiary/aromatic N) is 4. The molecule has 124 valence electrons. The van der Waals surface area contributed by atoms with Gasteiger partial charge < -0.3 is 14.4 Å². The lowest BCUT2D eigenvalue weighted by Gasteiger charge is -2.33. The van der Waals surface area contributed by atoms with Gasteiger partial charge in [-0.15, -0.1) is 0 Å². The van der Waals surface area contributed by atoms with E-state index in [-0.39, 0.29) is 5.91 Å². The molecule has 0 radical (unpaired) electrons. The van der Waals surface area contributed by atoms with E-state index in [1.54, 1.807) is 6.07 Å². The molecule has 3 aromatic rings. The lowest BCUT2D eigenvalue weighted by Crippen LogP contribution is -2.48. The summed E-state index contributed by atoms with van der Waals surface area (Å²) in [6.45, 7) is 5.56. The summed E-state index contributed by atoms with van der Waals surface area (Å²) in [7, 11) is 0. The fraction of sp³-hybridized carbons (Fsp3) is 0.353. The van der Waals surface area contributed by atoms with E-state index < -0.39 is 0 Å². The number of fused-ring (bicyclic) bond motifs is 1. The fourth-order valence-electron chi connectivity index (χ4n) is 3.02. The van der Waals surface area contributed by atoms with Gasteiger partial charge in [0.2, 0.25) is 5.76 Å². The number of rotatable bonds is 3. The minimum Gasteiger partial charge on any atom is -0.351 e. The Bertz CT molecular complexity index is 828. The van der Waals surface area contributed by atoms with Gasteiger partial charge in [-0.2, -0.15) is 0 Å². The lowest BCUT2D eigenvalue weighted by atomic mass is 10.2. The number of imidazole rings is 1. The van der Waals surface area contributed by atoms with Crippen LogP contribution in [0.5, 0.6) is 0 Å². The zero-order valence-corrected chi connectivity index (χ0v) is 13.5. The van der Waals surface area contributed by atoms with Gasteiger partial charge >= 0.3 is 0 Å². The first-order valence-electron chi connectivity index (χ1n) is 8.07. The molecular formula is C17H19N5O2. The monoisotopic (exact) mass is 325 g/mol. The largest absolute Gasteiger partial charge is 0.351 e. The van der Waals surface area contributed by atoms with E-state index >= 15 is 0 Å². The van der Waals surface area contributed by atoms with Crippen molar-refractivity contribution in [2.45, 2.75) is 13.5 Å². The number of carbonyl (C=O) groups is 1. The van der Waals surface area contributed by atoms with E-state index in [0.717, 1.165) is 42.2 Å². The van der Waals surface area contributed by atoms with Crippen molar-refractivity contribution in [2.24, 2.45) is 0 Å². The standard InChI is InChI=1S/C17H19N5O2/c1-12-10-15(24-20-12)17(23)22-8-6-21(7-9-22)11-16-18-13-4-2-3-5-14(13)19-16/h2-5,10H,6-9,11H2,1H3,(H,18,19). The number of carbonyl (C=O) groups excluding carboxylic acids is 1. The summed E-state index contributed by atoms with van der Waals surface area (Å²) in [6, 6.07) is 9.71. The van der Waals surface area contributed by atoms with Crippen LogP contribution in [-0.4, -0.2) is 57.0 Å². The highest BCUT2D eigenvalue weighted by Gasteiger charge is 2.25. The van der Waals surface area contributed by atoms with Crippen LogP contribution < -0.4 is 0 Å². The molecule has 1 aromatic carbocycles. The normalized spacial score (nSPS) is 16.0. The molecule has 7 heteroatoms. The first-order valence-corrected chi connectivity index (χ1v) is 8.07. The van der Waals surface area contributed by atoms with E-state index in [2.05, 4.69) is 20.0 Å². The minimum atomic E-state index is -0.0843. The van der Waals surface area contributed by atoms with Gasteiger partial charge in [0.25, 0.3) is 5.91 Å². The number of nitrogens with one attached hydrogen (secondary N) is 1. The van der Waals surface area contributed by atoms with E-state index in [1.807, 2.05) is 36.1 Å². The highest BCUT2D eigenvalue weighted by atomic mass is 16.5. The Morgan fingerprint density at radius 2 is 2.04 bits per heavy atom.